The molecule has 2 aromatic rings. The van der Waals surface area contributed by atoms with E-state index >= 15 is 0 Å². The molecule has 0 radical (unpaired) electrons. The second-order valence-corrected chi connectivity index (χ2v) is 6.01. The molecule has 0 bridgehead atoms. The molecule has 2 atom stereocenters. The van der Waals surface area contributed by atoms with Gasteiger partial charge in [-0.2, -0.15) is 0 Å². The van der Waals surface area contributed by atoms with Crippen molar-refractivity contribution < 1.29 is 9.53 Å². The predicted octanol–water partition coefficient (Wildman–Crippen LogP) is 4.10. The Bertz CT molecular complexity index is 695. The second-order valence-electron chi connectivity index (χ2n) is 5.60. The highest BCUT2D eigenvalue weighted by Crippen LogP contribution is 2.33. The molecule has 3 N–H and O–H groups in total. The monoisotopic (exact) mass is 382 g/mol. The molecule has 0 saturated carbocycles. The molecule has 4 nitrogen and oxygen atoms in total. The maximum absolute atomic E-state index is 12.5. The van der Waals surface area contributed by atoms with Gasteiger partial charge in [-0.3, -0.25) is 4.79 Å². The number of nitrogens with two attached hydrogens (primary N) is 1. The van der Waals surface area contributed by atoms with Gasteiger partial charge in [0.1, 0.15) is 5.75 Å². The molecule has 6 heteroatoms. The van der Waals surface area contributed by atoms with Crippen LogP contribution in [0.4, 0.5) is 0 Å². The molecule has 0 aliphatic carbocycles. The molecule has 2 unspecified atom stereocenters. The second kappa shape index (κ2) is 10.3. The Hall–Kier alpha value is -1.75. The van der Waals surface area contributed by atoms with Gasteiger partial charge in [-0.1, -0.05) is 61.3 Å². The topological polar surface area (TPSA) is 64.4 Å². The summed E-state index contributed by atoms with van der Waals surface area (Å²) in [6, 6.07) is 14.0. The minimum atomic E-state index is -0.547. The standard InChI is InChI=1S/C19H23ClN2O2.ClH/c1-3-8-16(21)19(23)22-18(13-9-4-6-11-15(13)20)14-10-5-7-12-17(14)24-2;/h4-7,9-12,16,18H,3,8,21H2,1-2H3,(H,22,23);1H. The van der Waals surface area contributed by atoms with Gasteiger partial charge in [-0.05, 0) is 24.1 Å². The summed E-state index contributed by atoms with van der Waals surface area (Å²) in [5, 5.41) is 3.60. The molecule has 1 amide bonds. The molecule has 0 heterocycles. The number of hydrogen-bond donors (Lipinski definition) is 2. The molecule has 0 aliphatic heterocycles. The van der Waals surface area contributed by atoms with Gasteiger partial charge in [0.2, 0.25) is 5.91 Å². The number of rotatable bonds is 7. The number of carbonyl (C=O) groups excluding carboxylic acids is 1. The summed E-state index contributed by atoms with van der Waals surface area (Å²) >= 11 is 6.37. The largest absolute Gasteiger partial charge is 0.496 e. The maximum Gasteiger partial charge on any atom is 0.237 e. The van der Waals surface area contributed by atoms with Crippen LogP contribution < -0.4 is 15.8 Å². The summed E-state index contributed by atoms with van der Waals surface area (Å²) in [7, 11) is 1.60. The zero-order valence-corrected chi connectivity index (χ0v) is 15.9. The van der Waals surface area contributed by atoms with E-state index in [1.165, 1.54) is 0 Å². The van der Waals surface area contributed by atoms with Crippen LogP contribution in [0.5, 0.6) is 5.75 Å². The third-order valence-electron chi connectivity index (χ3n) is 3.89. The van der Waals surface area contributed by atoms with Crippen molar-refractivity contribution in [3.8, 4) is 5.75 Å². The van der Waals surface area contributed by atoms with Crippen LogP contribution in [0.25, 0.3) is 0 Å². The lowest BCUT2D eigenvalue weighted by Crippen LogP contribution is -2.42. The third-order valence-corrected chi connectivity index (χ3v) is 4.23. The highest BCUT2D eigenvalue weighted by Gasteiger charge is 2.24. The molecular formula is C19H24Cl2N2O2. The number of nitrogens with one attached hydrogen (secondary N) is 1. The number of hydrogen-bond acceptors (Lipinski definition) is 3. The highest BCUT2D eigenvalue weighted by molar-refractivity contribution is 6.31. The lowest BCUT2D eigenvalue weighted by Gasteiger charge is -2.24. The Morgan fingerprint density at radius 1 is 1.16 bits per heavy atom. The molecule has 136 valence electrons. The van der Waals surface area contributed by atoms with Crippen LogP contribution in [-0.2, 0) is 4.79 Å². The van der Waals surface area contributed by atoms with Crippen molar-refractivity contribution in [2.45, 2.75) is 31.8 Å². The van der Waals surface area contributed by atoms with E-state index in [9.17, 15) is 4.79 Å². The van der Waals surface area contributed by atoms with E-state index in [0.717, 1.165) is 17.5 Å². The van der Waals surface area contributed by atoms with Crippen LogP contribution in [0, 0.1) is 0 Å². The molecule has 0 fully saturated rings. The van der Waals surface area contributed by atoms with Crippen LogP contribution in [-0.4, -0.2) is 19.1 Å². The Balaban J connectivity index is 0.00000312. The Labute approximate surface area is 160 Å². The molecular weight excluding hydrogens is 359 g/mol. The van der Waals surface area contributed by atoms with E-state index in [4.69, 9.17) is 22.1 Å². The van der Waals surface area contributed by atoms with Crippen molar-refractivity contribution in [2.24, 2.45) is 5.73 Å². The SMILES string of the molecule is CCCC(N)C(=O)NC(c1ccccc1Cl)c1ccccc1OC.Cl. The molecule has 0 saturated heterocycles. The Kier molecular flexibility index (Phi) is 8.76. The molecule has 0 aliphatic rings. The van der Waals surface area contributed by atoms with Crippen molar-refractivity contribution in [3.63, 3.8) is 0 Å². The number of benzene rings is 2. The van der Waals surface area contributed by atoms with E-state index in [0.29, 0.717) is 17.2 Å². The zero-order valence-electron chi connectivity index (χ0n) is 14.4. The number of para-hydroxylation sites is 1. The van der Waals surface area contributed by atoms with Gasteiger partial charge >= 0.3 is 0 Å². The van der Waals surface area contributed by atoms with Gasteiger partial charge in [0.25, 0.3) is 0 Å². The maximum atomic E-state index is 12.5. The van der Waals surface area contributed by atoms with Crippen molar-refractivity contribution in [1.29, 1.82) is 0 Å². The lowest BCUT2D eigenvalue weighted by molar-refractivity contribution is -0.123. The third kappa shape index (κ3) is 5.36. The minimum absolute atomic E-state index is 0. The lowest BCUT2D eigenvalue weighted by atomic mass is 9.97. The minimum Gasteiger partial charge on any atom is -0.496 e. The fourth-order valence-corrected chi connectivity index (χ4v) is 2.87. The number of carbonyl (C=O) groups is 1. The fourth-order valence-electron chi connectivity index (χ4n) is 2.63. The molecule has 2 rings (SSSR count). The van der Waals surface area contributed by atoms with E-state index in [1.807, 2.05) is 49.4 Å². The molecule has 0 aromatic heterocycles. The average Bonchev–Trinajstić information content (AvgIpc) is 2.60. The summed E-state index contributed by atoms with van der Waals surface area (Å²) in [5.41, 5.74) is 7.61. The first kappa shape index (κ1) is 21.3. The predicted molar refractivity (Wildman–Crippen MR) is 105 cm³/mol. The van der Waals surface area contributed by atoms with Crippen LogP contribution in [0.2, 0.25) is 5.02 Å². The van der Waals surface area contributed by atoms with Gasteiger partial charge in [-0.15, -0.1) is 12.4 Å². The number of halogens is 2. The van der Waals surface area contributed by atoms with Crippen molar-refractivity contribution in [2.75, 3.05) is 7.11 Å². The van der Waals surface area contributed by atoms with E-state index in [-0.39, 0.29) is 18.3 Å². The first-order valence-corrected chi connectivity index (χ1v) is 8.39. The van der Waals surface area contributed by atoms with Crippen LogP contribution >= 0.6 is 24.0 Å². The first-order chi connectivity index (χ1) is 11.6. The van der Waals surface area contributed by atoms with E-state index in [2.05, 4.69) is 5.32 Å². The van der Waals surface area contributed by atoms with Crippen molar-refractivity contribution in [1.82, 2.24) is 5.32 Å². The highest BCUT2D eigenvalue weighted by atomic mass is 35.5. The summed E-state index contributed by atoms with van der Waals surface area (Å²) in [5.74, 6) is 0.486. The molecule has 25 heavy (non-hydrogen) atoms. The Morgan fingerprint density at radius 2 is 1.76 bits per heavy atom. The number of ether oxygens (including phenoxy) is 1. The van der Waals surface area contributed by atoms with Gasteiger partial charge in [-0.25, -0.2) is 0 Å². The number of amides is 1. The van der Waals surface area contributed by atoms with E-state index in [1.54, 1.807) is 13.2 Å². The van der Waals surface area contributed by atoms with Gasteiger partial charge in [0, 0.05) is 10.6 Å². The summed E-state index contributed by atoms with van der Waals surface area (Å²) in [6.45, 7) is 2.00. The summed E-state index contributed by atoms with van der Waals surface area (Å²) < 4.78 is 5.45. The van der Waals surface area contributed by atoms with Gasteiger partial charge < -0.3 is 15.8 Å². The smallest absolute Gasteiger partial charge is 0.237 e. The summed E-state index contributed by atoms with van der Waals surface area (Å²) in [4.78, 5) is 12.5. The van der Waals surface area contributed by atoms with E-state index < -0.39 is 12.1 Å². The number of methoxy groups -OCH3 is 1. The van der Waals surface area contributed by atoms with Crippen LogP contribution in [0.3, 0.4) is 0 Å². The quantitative estimate of drug-likeness (QED) is 0.757. The summed E-state index contributed by atoms with van der Waals surface area (Å²) in [6.07, 6.45) is 1.48. The normalized spacial score (nSPS) is 12.6. The zero-order chi connectivity index (χ0) is 17.5. The Morgan fingerprint density at radius 3 is 2.36 bits per heavy atom. The van der Waals surface area contributed by atoms with Crippen molar-refractivity contribution >= 4 is 29.9 Å². The van der Waals surface area contributed by atoms with Crippen LogP contribution in [0.15, 0.2) is 48.5 Å². The van der Waals surface area contributed by atoms with Crippen LogP contribution in [0.1, 0.15) is 36.9 Å². The first-order valence-electron chi connectivity index (χ1n) is 8.01. The van der Waals surface area contributed by atoms with Crippen molar-refractivity contribution in [3.05, 3.63) is 64.7 Å². The molecule has 2 aromatic carbocycles. The molecule has 0 spiro atoms. The average molecular weight is 383 g/mol. The fraction of sp³-hybridized carbons (Fsp3) is 0.316. The van der Waals surface area contributed by atoms with Gasteiger partial charge in [0.05, 0.1) is 19.2 Å². The van der Waals surface area contributed by atoms with Gasteiger partial charge in [0.15, 0.2) is 0 Å².